The number of carbonyl (C=O) groups is 3. The smallest absolute Gasteiger partial charge is 0.308 e. The molecule has 5 rings (SSSR count). The van der Waals surface area contributed by atoms with Gasteiger partial charge in [-0.15, -0.1) is 0 Å². The summed E-state index contributed by atoms with van der Waals surface area (Å²) in [6.07, 6.45) is 0. The summed E-state index contributed by atoms with van der Waals surface area (Å²) < 4.78 is 14.8. The van der Waals surface area contributed by atoms with Crippen LogP contribution >= 0.6 is 23.1 Å². The molecule has 2 atom stereocenters. The molecule has 1 N–H and O–H groups in total. The fourth-order valence-electron chi connectivity index (χ4n) is 4.68. The minimum absolute atomic E-state index is 0.205. The summed E-state index contributed by atoms with van der Waals surface area (Å²) in [5.41, 5.74) is 1.12. The van der Waals surface area contributed by atoms with Crippen molar-refractivity contribution in [2.45, 2.75) is 43.0 Å². The number of fused-ring (bicyclic) bond motifs is 2. The Morgan fingerprint density at radius 2 is 1.80 bits per heavy atom. The van der Waals surface area contributed by atoms with Crippen molar-refractivity contribution >= 4 is 52.2 Å². The maximum Gasteiger partial charge on any atom is 0.308 e. The van der Waals surface area contributed by atoms with Crippen molar-refractivity contribution in [3.05, 3.63) is 74.5 Å². The SMILES string of the molecule is Cc1cccc(NC(=O)Cn2c3c(sc2=O)C(C)(C)[C@H]2C(=O)N(c4ccc(F)cc4)C(=O)[C@H]2S3)c1. The summed E-state index contributed by atoms with van der Waals surface area (Å²) in [6, 6.07) is 12.6. The minimum atomic E-state index is -0.811. The van der Waals surface area contributed by atoms with E-state index in [0.29, 0.717) is 21.3 Å². The number of nitrogens with zero attached hydrogens (tertiary/aromatic N) is 2. The molecular formula is C25H22FN3O4S2. The molecule has 1 fully saturated rings. The number of halogens is 1. The maximum atomic E-state index is 13.4. The van der Waals surface area contributed by atoms with Crippen LogP contribution in [0.1, 0.15) is 24.3 Å². The summed E-state index contributed by atoms with van der Waals surface area (Å²) in [5, 5.41) is 2.59. The molecule has 2 aliphatic rings. The van der Waals surface area contributed by atoms with Gasteiger partial charge in [-0.25, -0.2) is 9.29 Å². The molecule has 0 radical (unpaired) electrons. The molecule has 3 amide bonds. The van der Waals surface area contributed by atoms with Gasteiger partial charge in [0.1, 0.15) is 17.6 Å². The first-order chi connectivity index (χ1) is 16.6. The van der Waals surface area contributed by atoms with Gasteiger partial charge in [0.25, 0.3) is 0 Å². The van der Waals surface area contributed by atoms with Crippen molar-refractivity contribution in [1.29, 1.82) is 0 Å². The van der Waals surface area contributed by atoms with Gasteiger partial charge in [-0.2, -0.15) is 0 Å². The first kappa shape index (κ1) is 23.5. The van der Waals surface area contributed by atoms with Gasteiger partial charge in [0, 0.05) is 16.0 Å². The van der Waals surface area contributed by atoms with Crippen LogP contribution in [0.25, 0.3) is 0 Å². The molecule has 10 heteroatoms. The zero-order chi connectivity index (χ0) is 25.1. The number of aromatic nitrogens is 1. The van der Waals surface area contributed by atoms with E-state index in [-0.39, 0.29) is 23.2 Å². The molecule has 0 bridgehead atoms. The monoisotopic (exact) mass is 511 g/mol. The van der Waals surface area contributed by atoms with E-state index < -0.39 is 28.3 Å². The average molecular weight is 512 g/mol. The molecule has 180 valence electrons. The Morgan fingerprint density at radius 3 is 2.49 bits per heavy atom. The van der Waals surface area contributed by atoms with Gasteiger partial charge in [-0.1, -0.05) is 49.1 Å². The normalized spacial score (nSPS) is 20.5. The summed E-state index contributed by atoms with van der Waals surface area (Å²) in [6.45, 7) is 5.40. The summed E-state index contributed by atoms with van der Waals surface area (Å²) in [4.78, 5) is 53.9. The molecule has 7 nitrogen and oxygen atoms in total. The van der Waals surface area contributed by atoms with Gasteiger partial charge < -0.3 is 5.32 Å². The highest BCUT2D eigenvalue weighted by molar-refractivity contribution is 8.00. The second kappa shape index (κ2) is 8.46. The van der Waals surface area contributed by atoms with E-state index in [4.69, 9.17) is 0 Å². The van der Waals surface area contributed by atoms with Crippen molar-refractivity contribution in [2.75, 3.05) is 10.2 Å². The second-order valence-corrected chi connectivity index (χ2v) is 11.3. The van der Waals surface area contributed by atoms with Crippen LogP contribution in [-0.2, 0) is 26.3 Å². The summed E-state index contributed by atoms with van der Waals surface area (Å²) >= 11 is 2.15. The topological polar surface area (TPSA) is 88.5 Å². The first-order valence-corrected chi connectivity index (χ1v) is 12.7. The maximum absolute atomic E-state index is 13.4. The number of anilines is 2. The molecule has 1 saturated heterocycles. The van der Waals surface area contributed by atoms with Gasteiger partial charge in [0.15, 0.2) is 0 Å². The van der Waals surface area contributed by atoms with Crippen LogP contribution in [0.5, 0.6) is 0 Å². The molecule has 0 aliphatic carbocycles. The highest BCUT2D eigenvalue weighted by Gasteiger charge is 2.59. The molecule has 0 saturated carbocycles. The molecule has 3 heterocycles. The Kier molecular flexibility index (Phi) is 5.68. The van der Waals surface area contributed by atoms with Crippen LogP contribution in [-0.4, -0.2) is 27.5 Å². The lowest BCUT2D eigenvalue weighted by Crippen LogP contribution is -2.41. The van der Waals surface area contributed by atoms with Crippen molar-refractivity contribution in [2.24, 2.45) is 5.92 Å². The Balaban J connectivity index is 1.47. The van der Waals surface area contributed by atoms with Crippen LogP contribution < -0.4 is 15.1 Å². The zero-order valence-electron chi connectivity index (χ0n) is 19.2. The number of hydrogen-bond acceptors (Lipinski definition) is 6. The largest absolute Gasteiger partial charge is 0.325 e. The Bertz CT molecular complexity index is 1430. The highest BCUT2D eigenvalue weighted by Crippen LogP contribution is 2.54. The van der Waals surface area contributed by atoms with Crippen LogP contribution in [0.4, 0.5) is 15.8 Å². The quantitative estimate of drug-likeness (QED) is 0.536. The third kappa shape index (κ3) is 3.90. The Morgan fingerprint density at radius 1 is 1.09 bits per heavy atom. The Hall–Kier alpha value is -3.24. The van der Waals surface area contributed by atoms with E-state index in [0.717, 1.165) is 33.6 Å². The first-order valence-electron chi connectivity index (χ1n) is 11.0. The highest BCUT2D eigenvalue weighted by atomic mass is 32.2. The Labute approximate surface area is 208 Å². The molecule has 35 heavy (non-hydrogen) atoms. The number of aryl methyl sites for hydroxylation is 1. The number of carbonyl (C=O) groups excluding carboxylic acids is 3. The van der Waals surface area contributed by atoms with Crippen LogP contribution in [0.2, 0.25) is 0 Å². The molecule has 0 unspecified atom stereocenters. The molecule has 2 aromatic carbocycles. The van der Waals surface area contributed by atoms with Crippen molar-refractivity contribution < 1.29 is 18.8 Å². The van der Waals surface area contributed by atoms with E-state index >= 15 is 0 Å². The van der Waals surface area contributed by atoms with Gasteiger partial charge in [-0.3, -0.25) is 23.7 Å². The second-order valence-electron chi connectivity index (χ2n) is 9.23. The fraction of sp³-hybridized carbons (Fsp3) is 0.280. The number of imide groups is 1. The van der Waals surface area contributed by atoms with E-state index in [1.54, 1.807) is 6.07 Å². The van der Waals surface area contributed by atoms with Crippen LogP contribution in [0.3, 0.4) is 0 Å². The lowest BCUT2D eigenvalue weighted by atomic mass is 9.76. The van der Waals surface area contributed by atoms with E-state index in [9.17, 15) is 23.6 Å². The molecule has 3 aromatic rings. The number of nitrogens with one attached hydrogen (secondary N) is 1. The van der Waals surface area contributed by atoms with E-state index in [2.05, 4.69) is 5.32 Å². The number of thioether (sulfide) groups is 1. The number of hydrogen-bond donors (Lipinski definition) is 1. The predicted octanol–water partition coefficient (Wildman–Crippen LogP) is 3.94. The number of thiazole rings is 1. The van der Waals surface area contributed by atoms with E-state index in [1.807, 2.05) is 39.0 Å². The van der Waals surface area contributed by atoms with Gasteiger partial charge >= 0.3 is 4.87 Å². The van der Waals surface area contributed by atoms with Crippen LogP contribution in [0, 0.1) is 18.7 Å². The third-order valence-electron chi connectivity index (χ3n) is 6.39. The zero-order valence-corrected chi connectivity index (χ0v) is 20.8. The van der Waals surface area contributed by atoms with Crippen molar-refractivity contribution in [1.82, 2.24) is 4.57 Å². The average Bonchev–Trinajstić information content (AvgIpc) is 3.24. The van der Waals surface area contributed by atoms with Gasteiger partial charge in [-0.05, 0) is 48.9 Å². The van der Waals surface area contributed by atoms with Gasteiger partial charge in [0.05, 0.1) is 16.6 Å². The summed E-state index contributed by atoms with van der Waals surface area (Å²) in [5.74, 6) is -2.30. The number of rotatable bonds is 4. The fourth-order valence-corrected chi connectivity index (χ4v) is 7.72. The molecule has 1 aromatic heterocycles. The predicted molar refractivity (Wildman–Crippen MR) is 133 cm³/mol. The molecule has 0 spiro atoms. The standard InChI is InChI=1S/C25H22FN3O4S2/c1-13-5-4-6-15(11-13)27-17(30)12-28-23-20(35-24(28)33)25(2,3)18-19(34-23)22(32)29(21(18)31)16-9-7-14(26)8-10-16/h4-11,18-19H,12H2,1-3H3,(H,27,30)/t18-,19+/m1/s1. The van der Waals surface area contributed by atoms with Crippen molar-refractivity contribution in [3.8, 4) is 0 Å². The van der Waals surface area contributed by atoms with E-state index in [1.165, 1.54) is 28.8 Å². The number of amides is 3. The third-order valence-corrected chi connectivity index (χ3v) is 9.22. The lowest BCUT2D eigenvalue weighted by Gasteiger charge is -2.36. The minimum Gasteiger partial charge on any atom is -0.325 e. The number of benzene rings is 2. The van der Waals surface area contributed by atoms with Crippen LogP contribution in [0.15, 0.2) is 58.4 Å². The van der Waals surface area contributed by atoms with Gasteiger partial charge in [0.2, 0.25) is 17.7 Å². The van der Waals surface area contributed by atoms with Crippen molar-refractivity contribution in [3.63, 3.8) is 0 Å². The molecule has 2 aliphatic heterocycles. The summed E-state index contributed by atoms with van der Waals surface area (Å²) in [7, 11) is 0. The lowest BCUT2D eigenvalue weighted by molar-refractivity contribution is -0.123. The molecular weight excluding hydrogens is 489 g/mol.